The summed E-state index contributed by atoms with van der Waals surface area (Å²) in [7, 11) is -2.92. The maximum Gasteiger partial charge on any atom is 0.148 e. The lowest BCUT2D eigenvalue weighted by molar-refractivity contribution is 0.601. The summed E-state index contributed by atoms with van der Waals surface area (Å²) in [6.45, 7) is 4.05. The van der Waals surface area contributed by atoms with Gasteiger partial charge in [0.2, 0.25) is 0 Å². The van der Waals surface area contributed by atoms with Gasteiger partial charge in [0.15, 0.2) is 0 Å². The van der Waals surface area contributed by atoms with Crippen LogP contribution in [0.15, 0.2) is 6.07 Å². The van der Waals surface area contributed by atoms with Gasteiger partial charge in [0, 0.05) is 16.0 Å². The minimum Gasteiger partial charge on any atom is -0.229 e. The van der Waals surface area contributed by atoms with E-state index in [-0.39, 0.29) is 10.6 Å². The molecule has 1 unspecified atom stereocenters. The lowest BCUT2D eigenvalue weighted by atomic mass is 10.2. The van der Waals surface area contributed by atoms with Crippen molar-refractivity contribution >= 4 is 37.1 Å². The van der Waals surface area contributed by atoms with Gasteiger partial charge in [0.25, 0.3) is 0 Å². The first kappa shape index (κ1) is 12.2. The highest BCUT2D eigenvalue weighted by atomic mass is 79.9. The van der Waals surface area contributed by atoms with Crippen LogP contribution in [0.5, 0.6) is 0 Å². The predicted molar refractivity (Wildman–Crippen MR) is 65.2 cm³/mol. The molecule has 80 valence electrons. The molecule has 0 aliphatic rings. The van der Waals surface area contributed by atoms with Crippen LogP contribution in [0.3, 0.4) is 0 Å². The number of thiophene rings is 1. The molecule has 2 nitrogen and oxygen atoms in total. The van der Waals surface area contributed by atoms with E-state index in [4.69, 9.17) is 0 Å². The van der Waals surface area contributed by atoms with Gasteiger partial charge >= 0.3 is 0 Å². The maximum atomic E-state index is 11.1. The van der Waals surface area contributed by atoms with Crippen molar-refractivity contribution in [2.75, 3.05) is 12.0 Å². The quantitative estimate of drug-likeness (QED) is 0.804. The first-order chi connectivity index (χ1) is 6.29. The second-order valence-electron chi connectivity index (χ2n) is 3.43. The highest BCUT2D eigenvalue weighted by Crippen LogP contribution is 2.32. The van der Waals surface area contributed by atoms with Crippen molar-refractivity contribution in [3.8, 4) is 0 Å². The average molecular weight is 297 g/mol. The molecule has 1 atom stereocenters. The fourth-order valence-corrected chi connectivity index (χ4v) is 5.08. The smallest absolute Gasteiger partial charge is 0.148 e. The minimum atomic E-state index is -2.92. The summed E-state index contributed by atoms with van der Waals surface area (Å²) in [5.74, 6) is 0.157. The lowest BCUT2D eigenvalue weighted by Crippen LogP contribution is -2.08. The summed E-state index contributed by atoms with van der Waals surface area (Å²) >= 11 is 5.11. The normalized spacial score (nSPS) is 14.3. The highest BCUT2D eigenvalue weighted by Gasteiger charge is 2.17. The molecule has 0 saturated heterocycles. The van der Waals surface area contributed by atoms with Crippen molar-refractivity contribution in [1.29, 1.82) is 0 Å². The Hall–Kier alpha value is 0.130. The van der Waals surface area contributed by atoms with Gasteiger partial charge in [-0.25, -0.2) is 8.42 Å². The largest absolute Gasteiger partial charge is 0.229 e. The van der Waals surface area contributed by atoms with Gasteiger partial charge in [0.1, 0.15) is 9.84 Å². The molecule has 1 aromatic heterocycles. The van der Waals surface area contributed by atoms with Crippen molar-refractivity contribution in [3.63, 3.8) is 0 Å². The van der Waals surface area contributed by atoms with Crippen LogP contribution >= 0.6 is 27.3 Å². The third-order valence-electron chi connectivity index (χ3n) is 1.87. The van der Waals surface area contributed by atoms with E-state index in [1.165, 1.54) is 16.0 Å². The van der Waals surface area contributed by atoms with Gasteiger partial charge < -0.3 is 0 Å². The molecule has 0 radical (unpaired) electrons. The molecule has 1 heterocycles. The fraction of sp³-hybridized carbons (Fsp3) is 0.556. The van der Waals surface area contributed by atoms with E-state index < -0.39 is 9.84 Å². The van der Waals surface area contributed by atoms with Crippen molar-refractivity contribution in [1.82, 2.24) is 0 Å². The van der Waals surface area contributed by atoms with E-state index in [2.05, 4.69) is 15.9 Å². The number of halogens is 1. The summed E-state index contributed by atoms with van der Waals surface area (Å²) in [4.78, 5) is 2.32. The molecular formula is C9H13BrO2S2. The Morgan fingerprint density at radius 2 is 2.07 bits per heavy atom. The zero-order valence-corrected chi connectivity index (χ0v) is 11.6. The van der Waals surface area contributed by atoms with Gasteiger partial charge in [-0.15, -0.1) is 11.3 Å². The van der Waals surface area contributed by atoms with E-state index in [1.807, 2.05) is 19.9 Å². The Kier molecular flexibility index (Phi) is 3.77. The lowest BCUT2D eigenvalue weighted by Gasteiger charge is -2.07. The molecule has 0 aliphatic heterocycles. The number of hydrogen-bond donors (Lipinski definition) is 0. The summed E-state index contributed by atoms with van der Waals surface area (Å²) < 4.78 is 22.2. The zero-order valence-electron chi connectivity index (χ0n) is 8.37. The molecule has 0 aromatic carbocycles. The number of sulfone groups is 1. The Morgan fingerprint density at radius 3 is 2.43 bits per heavy atom. The number of alkyl halides is 1. The van der Waals surface area contributed by atoms with Gasteiger partial charge in [-0.1, -0.05) is 15.9 Å². The number of hydrogen-bond acceptors (Lipinski definition) is 3. The van der Waals surface area contributed by atoms with Crippen LogP contribution in [-0.4, -0.2) is 20.4 Å². The average Bonchev–Trinajstić information content (AvgIpc) is 2.26. The first-order valence-electron chi connectivity index (χ1n) is 4.18. The van der Waals surface area contributed by atoms with Crippen molar-refractivity contribution in [2.24, 2.45) is 0 Å². The summed E-state index contributed by atoms with van der Waals surface area (Å²) in [5.41, 5.74) is 1.10. The number of rotatable bonds is 3. The van der Waals surface area contributed by atoms with Gasteiger partial charge in [-0.2, -0.15) is 0 Å². The standard InChI is InChI=1S/C9H13BrO2S2/c1-6-4-8(7(2)13-6)9(10)5-14(3,11)12/h4,9H,5H2,1-3H3. The molecule has 14 heavy (non-hydrogen) atoms. The van der Waals surface area contributed by atoms with E-state index in [9.17, 15) is 8.42 Å². The molecule has 0 saturated carbocycles. The van der Waals surface area contributed by atoms with Crippen LogP contribution in [0.25, 0.3) is 0 Å². The second-order valence-corrected chi connectivity index (χ2v) is 8.18. The summed E-state index contributed by atoms with van der Waals surface area (Å²) in [6, 6.07) is 2.05. The van der Waals surface area contributed by atoms with Crippen molar-refractivity contribution in [3.05, 3.63) is 21.4 Å². The second kappa shape index (κ2) is 4.33. The topological polar surface area (TPSA) is 34.1 Å². The number of aryl methyl sites for hydroxylation is 2. The van der Waals surface area contributed by atoms with Gasteiger partial charge in [-0.3, -0.25) is 0 Å². The van der Waals surface area contributed by atoms with E-state index >= 15 is 0 Å². The van der Waals surface area contributed by atoms with Crippen LogP contribution < -0.4 is 0 Å². The van der Waals surface area contributed by atoms with Crippen LogP contribution in [0.1, 0.15) is 20.1 Å². The molecule has 1 aromatic rings. The predicted octanol–water partition coefficient (Wildman–Crippen LogP) is 2.85. The Bertz CT molecular complexity index is 420. The van der Waals surface area contributed by atoms with Crippen LogP contribution in [0.4, 0.5) is 0 Å². The SMILES string of the molecule is Cc1cc(C(Br)CS(C)(=O)=O)c(C)s1. The zero-order chi connectivity index (χ0) is 10.9. The van der Waals surface area contributed by atoms with E-state index in [1.54, 1.807) is 11.3 Å². The Labute approximate surface area is 97.4 Å². The maximum absolute atomic E-state index is 11.1. The van der Waals surface area contributed by atoms with E-state index in [0.29, 0.717) is 0 Å². The monoisotopic (exact) mass is 296 g/mol. The molecule has 0 bridgehead atoms. The van der Waals surface area contributed by atoms with Gasteiger partial charge in [-0.05, 0) is 25.5 Å². The highest BCUT2D eigenvalue weighted by molar-refractivity contribution is 9.09. The molecule has 1 rings (SSSR count). The third kappa shape index (κ3) is 3.37. The fourth-order valence-electron chi connectivity index (χ4n) is 1.32. The van der Waals surface area contributed by atoms with Crippen LogP contribution in [0.2, 0.25) is 0 Å². The summed E-state index contributed by atoms with van der Waals surface area (Å²) in [6.07, 6.45) is 1.26. The van der Waals surface area contributed by atoms with Crippen LogP contribution in [0, 0.1) is 13.8 Å². The molecule has 0 aliphatic carbocycles. The molecule has 0 spiro atoms. The van der Waals surface area contributed by atoms with Crippen molar-refractivity contribution < 1.29 is 8.42 Å². The molecule has 0 N–H and O–H groups in total. The molecule has 0 amide bonds. The van der Waals surface area contributed by atoms with Gasteiger partial charge in [0.05, 0.1) is 10.6 Å². The molecule has 5 heteroatoms. The minimum absolute atomic E-state index is 0.0811. The first-order valence-corrected chi connectivity index (χ1v) is 7.97. The summed E-state index contributed by atoms with van der Waals surface area (Å²) in [5, 5.41) is 0. The van der Waals surface area contributed by atoms with E-state index in [0.717, 1.165) is 5.56 Å². The third-order valence-corrected chi connectivity index (χ3v) is 5.03. The Morgan fingerprint density at radius 1 is 1.50 bits per heavy atom. The molecule has 0 fully saturated rings. The van der Waals surface area contributed by atoms with Crippen LogP contribution in [-0.2, 0) is 9.84 Å². The Balaban J connectivity index is 2.90. The molecular weight excluding hydrogens is 284 g/mol. The van der Waals surface area contributed by atoms with Crippen molar-refractivity contribution in [2.45, 2.75) is 18.7 Å².